The molecule has 160 valence electrons. The van der Waals surface area contributed by atoms with E-state index < -0.39 is 5.41 Å². The van der Waals surface area contributed by atoms with Gasteiger partial charge in [-0.3, -0.25) is 9.59 Å². The second-order valence-corrected chi connectivity index (χ2v) is 10.5. The van der Waals surface area contributed by atoms with E-state index in [1.807, 2.05) is 20.8 Å². The summed E-state index contributed by atoms with van der Waals surface area (Å²) in [6.45, 7) is 8.54. The number of ether oxygens (including phenoxy) is 2. The van der Waals surface area contributed by atoms with E-state index in [4.69, 9.17) is 9.47 Å². The van der Waals surface area contributed by atoms with Crippen LogP contribution >= 0.6 is 0 Å². The highest BCUT2D eigenvalue weighted by Gasteiger charge is 2.56. The molecule has 4 nitrogen and oxygen atoms in total. The fraction of sp³-hybridized carbons (Fsp3) is 0.917. The molecule has 0 aliphatic heterocycles. The van der Waals surface area contributed by atoms with Crippen LogP contribution in [0.3, 0.4) is 0 Å². The number of esters is 2. The quantitative estimate of drug-likeness (QED) is 0.355. The van der Waals surface area contributed by atoms with Crippen molar-refractivity contribution in [2.24, 2.45) is 29.1 Å². The van der Waals surface area contributed by atoms with Gasteiger partial charge in [-0.1, -0.05) is 19.8 Å². The van der Waals surface area contributed by atoms with Crippen molar-refractivity contribution in [2.75, 3.05) is 6.61 Å². The minimum Gasteiger partial charge on any atom is -0.465 e. The Morgan fingerprint density at radius 1 is 0.929 bits per heavy atom. The summed E-state index contributed by atoms with van der Waals surface area (Å²) in [4.78, 5) is 24.4. The molecule has 4 rings (SSSR count). The van der Waals surface area contributed by atoms with E-state index in [1.54, 1.807) is 0 Å². The van der Waals surface area contributed by atoms with Gasteiger partial charge in [-0.2, -0.15) is 0 Å². The van der Waals surface area contributed by atoms with Crippen molar-refractivity contribution >= 4 is 11.9 Å². The van der Waals surface area contributed by atoms with Crippen molar-refractivity contribution in [3.63, 3.8) is 0 Å². The predicted octanol–water partition coefficient (Wildman–Crippen LogP) is 5.67. The molecule has 0 aromatic carbocycles. The fourth-order valence-electron chi connectivity index (χ4n) is 5.81. The molecule has 4 fully saturated rings. The average molecular weight is 393 g/mol. The van der Waals surface area contributed by atoms with Crippen LogP contribution in [0, 0.1) is 29.1 Å². The maximum atomic E-state index is 12.5. The molecule has 28 heavy (non-hydrogen) atoms. The van der Waals surface area contributed by atoms with Gasteiger partial charge in [0.05, 0.1) is 12.0 Å². The second kappa shape index (κ2) is 8.75. The summed E-state index contributed by atoms with van der Waals surface area (Å²) in [5, 5.41) is 0. The average Bonchev–Trinajstić information content (AvgIpc) is 2.64. The first kappa shape index (κ1) is 21.6. The van der Waals surface area contributed by atoms with Gasteiger partial charge >= 0.3 is 11.9 Å². The Kier molecular flexibility index (Phi) is 6.76. The van der Waals surface area contributed by atoms with Crippen molar-refractivity contribution in [3.05, 3.63) is 0 Å². The molecule has 0 heterocycles. The third kappa shape index (κ3) is 4.74. The molecule has 0 aromatic rings. The smallest absolute Gasteiger partial charge is 0.311 e. The second-order valence-electron chi connectivity index (χ2n) is 10.5. The van der Waals surface area contributed by atoms with Crippen molar-refractivity contribution in [3.8, 4) is 0 Å². The molecule has 4 aliphatic rings. The highest BCUT2D eigenvalue weighted by molar-refractivity contribution is 5.75. The van der Waals surface area contributed by atoms with Gasteiger partial charge in [0.2, 0.25) is 0 Å². The first-order valence-electron chi connectivity index (χ1n) is 11.6. The Labute approximate surface area is 171 Å². The van der Waals surface area contributed by atoms with E-state index in [9.17, 15) is 9.59 Å². The first-order valence-corrected chi connectivity index (χ1v) is 11.6. The molecule has 4 saturated carbocycles. The van der Waals surface area contributed by atoms with Gasteiger partial charge in [0.25, 0.3) is 0 Å². The third-order valence-corrected chi connectivity index (χ3v) is 8.04. The Hall–Kier alpha value is -1.06. The minimum atomic E-state index is -0.391. The highest BCUT2D eigenvalue weighted by atomic mass is 16.6. The number of hydrogen-bond acceptors (Lipinski definition) is 4. The van der Waals surface area contributed by atoms with Crippen LogP contribution in [-0.4, -0.2) is 24.1 Å². The normalized spacial score (nSPS) is 33.7. The van der Waals surface area contributed by atoms with Crippen LogP contribution in [0.5, 0.6) is 0 Å². The highest BCUT2D eigenvalue weighted by Crippen LogP contribution is 2.59. The van der Waals surface area contributed by atoms with E-state index in [1.165, 1.54) is 32.1 Å². The van der Waals surface area contributed by atoms with Gasteiger partial charge in [-0.25, -0.2) is 0 Å². The summed E-state index contributed by atoms with van der Waals surface area (Å²) >= 11 is 0. The van der Waals surface area contributed by atoms with Crippen LogP contribution in [0.25, 0.3) is 0 Å². The lowest BCUT2D eigenvalue weighted by Gasteiger charge is -2.59. The van der Waals surface area contributed by atoms with Gasteiger partial charge in [-0.15, -0.1) is 0 Å². The molecule has 0 radical (unpaired) electrons. The van der Waals surface area contributed by atoms with Crippen molar-refractivity contribution in [1.29, 1.82) is 0 Å². The minimum absolute atomic E-state index is 0.00824. The maximum Gasteiger partial charge on any atom is 0.311 e. The summed E-state index contributed by atoms with van der Waals surface area (Å²) < 4.78 is 11.5. The Morgan fingerprint density at radius 2 is 1.50 bits per heavy atom. The van der Waals surface area contributed by atoms with Gasteiger partial charge in [0.15, 0.2) is 0 Å². The number of carbonyl (C=O) groups is 2. The summed E-state index contributed by atoms with van der Waals surface area (Å²) in [5.74, 6) is 2.86. The lowest BCUT2D eigenvalue weighted by molar-refractivity contribution is -0.203. The molecule has 0 atom stereocenters. The first-order chi connectivity index (χ1) is 13.2. The SMILES string of the molecule is CCC(C)(C)C(=O)OCCCCCCC(=O)OC1(C)C2CC3CC(C2)CC1C3. The zero-order chi connectivity index (χ0) is 20.4. The van der Waals surface area contributed by atoms with E-state index in [-0.39, 0.29) is 17.5 Å². The zero-order valence-electron chi connectivity index (χ0n) is 18.4. The predicted molar refractivity (Wildman–Crippen MR) is 110 cm³/mol. The van der Waals surface area contributed by atoms with E-state index in [0.717, 1.165) is 43.9 Å². The standard InChI is InChI=1S/C24H40O4/c1-5-23(2,3)22(26)27-11-9-7-6-8-10-21(25)28-24(4)19-13-17-12-18(15-19)16-20(24)14-17/h17-20H,5-16H2,1-4H3. The Morgan fingerprint density at radius 3 is 2.07 bits per heavy atom. The van der Waals surface area contributed by atoms with Crippen LogP contribution < -0.4 is 0 Å². The zero-order valence-corrected chi connectivity index (χ0v) is 18.4. The van der Waals surface area contributed by atoms with Crippen molar-refractivity contribution in [1.82, 2.24) is 0 Å². The lowest BCUT2D eigenvalue weighted by Crippen LogP contribution is -2.57. The Bertz CT molecular complexity index is 537. The van der Waals surface area contributed by atoms with E-state index in [0.29, 0.717) is 24.9 Å². The monoisotopic (exact) mass is 392 g/mol. The molecular weight excluding hydrogens is 352 g/mol. The maximum absolute atomic E-state index is 12.5. The molecule has 0 saturated heterocycles. The van der Waals surface area contributed by atoms with Crippen LogP contribution in [0.1, 0.15) is 98.3 Å². The molecule has 0 aromatic heterocycles. The summed E-state index contributed by atoms with van der Waals surface area (Å²) in [6.07, 6.45) is 11.5. The number of unbranched alkanes of at least 4 members (excludes halogenated alkanes) is 3. The van der Waals surface area contributed by atoms with E-state index in [2.05, 4.69) is 6.92 Å². The summed E-state index contributed by atoms with van der Waals surface area (Å²) in [5.41, 5.74) is -0.595. The number of hydrogen-bond donors (Lipinski definition) is 0. The molecule has 0 N–H and O–H groups in total. The van der Waals surface area contributed by atoms with Crippen LogP contribution in [0.2, 0.25) is 0 Å². The number of carbonyl (C=O) groups excluding carboxylic acids is 2. The van der Waals surface area contributed by atoms with Crippen molar-refractivity contribution < 1.29 is 19.1 Å². The molecule has 0 unspecified atom stereocenters. The van der Waals surface area contributed by atoms with Gasteiger partial charge in [0, 0.05) is 6.42 Å². The molecule has 0 amide bonds. The van der Waals surface area contributed by atoms with Crippen LogP contribution in [0.4, 0.5) is 0 Å². The lowest BCUT2D eigenvalue weighted by atomic mass is 9.50. The van der Waals surface area contributed by atoms with Gasteiger partial charge in [0.1, 0.15) is 5.60 Å². The molecular formula is C24H40O4. The summed E-state index contributed by atoms with van der Waals surface area (Å²) in [6, 6.07) is 0. The van der Waals surface area contributed by atoms with Gasteiger partial charge < -0.3 is 9.47 Å². The third-order valence-electron chi connectivity index (χ3n) is 8.04. The number of rotatable bonds is 10. The fourth-order valence-corrected chi connectivity index (χ4v) is 5.81. The van der Waals surface area contributed by atoms with Crippen LogP contribution in [-0.2, 0) is 19.1 Å². The molecule has 0 spiro atoms. The summed E-state index contributed by atoms with van der Waals surface area (Å²) in [7, 11) is 0. The van der Waals surface area contributed by atoms with Gasteiger partial charge in [-0.05, 0) is 95.8 Å². The Balaban J connectivity index is 1.29. The molecule has 4 aliphatic carbocycles. The molecule has 4 heteroatoms. The largest absolute Gasteiger partial charge is 0.465 e. The van der Waals surface area contributed by atoms with E-state index >= 15 is 0 Å². The van der Waals surface area contributed by atoms with Crippen LogP contribution in [0.15, 0.2) is 0 Å². The molecule has 4 bridgehead atoms. The topological polar surface area (TPSA) is 52.6 Å². The van der Waals surface area contributed by atoms with Crippen molar-refractivity contribution in [2.45, 2.75) is 104 Å².